The fraction of sp³-hybridized carbons (Fsp3) is 0.389. The number of amides is 1. The van der Waals surface area contributed by atoms with Crippen molar-refractivity contribution in [3.8, 4) is 0 Å². The molecular weight excluding hydrogens is 308 g/mol. The number of carbonyl (C=O) groups excluding carboxylic acids is 2. The number of aromatic nitrogens is 1. The number of Topliss-reactive ketones (excluding diaryl/α,β-unsaturated/α-hetero) is 1. The molecule has 0 unspecified atom stereocenters. The zero-order valence-corrected chi connectivity index (χ0v) is 14.0. The molecule has 3 rings (SSSR count). The van der Waals surface area contributed by atoms with E-state index < -0.39 is 11.5 Å². The standard InChI is InChI=1S/C18H20N2O4/c1-10-4-5-11(24-10)9-19-16(22)13-6-12-14(20-17(13)23)7-18(2,3)8-15(12)21/h4-6H,7-9H2,1-3H3,(H,19,22)(H,20,23). The number of aromatic amines is 1. The molecule has 0 spiro atoms. The van der Waals surface area contributed by atoms with Crippen LogP contribution in [0.15, 0.2) is 27.4 Å². The Hall–Kier alpha value is -2.63. The van der Waals surface area contributed by atoms with Crippen LogP contribution in [-0.2, 0) is 13.0 Å². The molecule has 1 aliphatic rings. The highest BCUT2D eigenvalue weighted by atomic mass is 16.3. The van der Waals surface area contributed by atoms with E-state index in [-0.39, 0.29) is 23.3 Å². The van der Waals surface area contributed by atoms with E-state index in [1.54, 1.807) is 12.1 Å². The van der Waals surface area contributed by atoms with Crippen molar-refractivity contribution in [2.24, 2.45) is 5.41 Å². The zero-order valence-electron chi connectivity index (χ0n) is 14.0. The molecule has 6 heteroatoms. The SMILES string of the molecule is Cc1ccc(CNC(=O)c2cc3c([nH]c2=O)CC(C)(C)CC3=O)o1. The van der Waals surface area contributed by atoms with E-state index in [0.717, 1.165) is 5.76 Å². The molecule has 0 fully saturated rings. The molecule has 1 amide bonds. The van der Waals surface area contributed by atoms with Gasteiger partial charge in [0.25, 0.3) is 11.5 Å². The van der Waals surface area contributed by atoms with Gasteiger partial charge in [0.15, 0.2) is 5.78 Å². The first kappa shape index (κ1) is 16.2. The van der Waals surface area contributed by atoms with Crippen molar-refractivity contribution < 1.29 is 14.0 Å². The highest BCUT2D eigenvalue weighted by molar-refractivity contribution is 6.02. The van der Waals surface area contributed by atoms with E-state index in [0.29, 0.717) is 29.9 Å². The van der Waals surface area contributed by atoms with Gasteiger partial charge in [0.05, 0.1) is 6.54 Å². The van der Waals surface area contributed by atoms with E-state index in [1.165, 1.54) is 6.07 Å². The van der Waals surface area contributed by atoms with Gasteiger partial charge in [-0.15, -0.1) is 0 Å². The summed E-state index contributed by atoms with van der Waals surface area (Å²) >= 11 is 0. The molecule has 1 aliphatic carbocycles. The maximum atomic E-state index is 12.3. The number of hydrogen-bond donors (Lipinski definition) is 2. The molecule has 2 aromatic rings. The van der Waals surface area contributed by atoms with Gasteiger partial charge in [-0.05, 0) is 37.0 Å². The summed E-state index contributed by atoms with van der Waals surface area (Å²) in [7, 11) is 0. The summed E-state index contributed by atoms with van der Waals surface area (Å²) in [5, 5.41) is 2.64. The van der Waals surface area contributed by atoms with E-state index >= 15 is 0 Å². The molecule has 0 radical (unpaired) electrons. The molecular formula is C18H20N2O4. The number of pyridine rings is 1. The van der Waals surface area contributed by atoms with Crippen LogP contribution >= 0.6 is 0 Å². The Morgan fingerprint density at radius 2 is 2.04 bits per heavy atom. The van der Waals surface area contributed by atoms with Crippen molar-refractivity contribution in [2.75, 3.05) is 0 Å². The van der Waals surface area contributed by atoms with Gasteiger partial charge >= 0.3 is 0 Å². The minimum Gasteiger partial charge on any atom is -0.465 e. The average molecular weight is 328 g/mol. The van der Waals surface area contributed by atoms with E-state index in [2.05, 4.69) is 10.3 Å². The normalized spacial score (nSPS) is 15.9. The van der Waals surface area contributed by atoms with Crippen LogP contribution in [0, 0.1) is 12.3 Å². The third-order valence-electron chi connectivity index (χ3n) is 4.18. The van der Waals surface area contributed by atoms with Crippen LogP contribution in [-0.4, -0.2) is 16.7 Å². The summed E-state index contributed by atoms with van der Waals surface area (Å²) in [6.07, 6.45) is 1.01. The molecule has 2 aromatic heterocycles. The summed E-state index contributed by atoms with van der Waals surface area (Å²) in [5.41, 5.74) is 0.332. The molecule has 126 valence electrons. The van der Waals surface area contributed by atoms with Gasteiger partial charge in [0.2, 0.25) is 0 Å². The minimum absolute atomic E-state index is 0.0480. The molecule has 0 saturated heterocycles. The number of nitrogens with one attached hydrogen (secondary N) is 2. The summed E-state index contributed by atoms with van der Waals surface area (Å²) in [6.45, 7) is 5.97. The minimum atomic E-state index is -0.522. The number of aryl methyl sites for hydroxylation is 1. The second-order valence-corrected chi connectivity index (χ2v) is 7.04. The molecule has 2 heterocycles. The van der Waals surface area contributed by atoms with Crippen LogP contribution < -0.4 is 10.9 Å². The van der Waals surface area contributed by atoms with Gasteiger partial charge in [-0.1, -0.05) is 13.8 Å². The van der Waals surface area contributed by atoms with Crippen molar-refractivity contribution in [3.63, 3.8) is 0 Å². The van der Waals surface area contributed by atoms with Crippen molar-refractivity contribution in [1.82, 2.24) is 10.3 Å². The lowest BCUT2D eigenvalue weighted by atomic mass is 9.75. The van der Waals surface area contributed by atoms with Gasteiger partial charge in [0.1, 0.15) is 17.1 Å². The summed E-state index contributed by atoms with van der Waals surface area (Å²) in [6, 6.07) is 4.97. The van der Waals surface area contributed by atoms with Gasteiger partial charge in [-0.3, -0.25) is 14.4 Å². The Labute approximate surface area is 139 Å². The van der Waals surface area contributed by atoms with Crippen LogP contribution in [0.25, 0.3) is 0 Å². The average Bonchev–Trinajstić information content (AvgIpc) is 2.88. The number of furan rings is 1. The van der Waals surface area contributed by atoms with Crippen molar-refractivity contribution >= 4 is 11.7 Å². The lowest BCUT2D eigenvalue weighted by Crippen LogP contribution is -2.34. The Balaban J connectivity index is 1.84. The monoisotopic (exact) mass is 328 g/mol. The van der Waals surface area contributed by atoms with Crippen LogP contribution in [0.5, 0.6) is 0 Å². The molecule has 24 heavy (non-hydrogen) atoms. The molecule has 0 aliphatic heterocycles. The highest BCUT2D eigenvalue weighted by Crippen LogP contribution is 2.33. The topological polar surface area (TPSA) is 92.2 Å². The van der Waals surface area contributed by atoms with Crippen molar-refractivity contribution in [3.05, 3.63) is 56.9 Å². The Kier molecular flexibility index (Phi) is 3.91. The Morgan fingerprint density at radius 1 is 1.29 bits per heavy atom. The van der Waals surface area contributed by atoms with E-state index in [4.69, 9.17) is 4.42 Å². The maximum Gasteiger partial charge on any atom is 0.261 e. The summed E-state index contributed by atoms with van der Waals surface area (Å²) in [4.78, 5) is 39.5. The highest BCUT2D eigenvalue weighted by Gasteiger charge is 2.32. The number of ketones is 1. The van der Waals surface area contributed by atoms with Gasteiger partial charge in [-0.2, -0.15) is 0 Å². The first-order valence-electron chi connectivity index (χ1n) is 7.88. The fourth-order valence-electron chi connectivity index (χ4n) is 3.04. The molecule has 6 nitrogen and oxygen atoms in total. The second-order valence-electron chi connectivity index (χ2n) is 7.04. The zero-order chi connectivity index (χ0) is 17.5. The number of carbonyl (C=O) groups is 2. The molecule has 0 aromatic carbocycles. The maximum absolute atomic E-state index is 12.3. The Morgan fingerprint density at radius 3 is 2.71 bits per heavy atom. The molecule has 0 bridgehead atoms. The largest absolute Gasteiger partial charge is 0.465 e. The third-order valence-corrected chi connectivity index (χ3v) is 4.18. The summed E-state index contributed by atoms with van der Waals surface area (Å²) < 4.78 is 5.38. The quantitative estimate of drug-likeness (QED) is 0.904. The number of H-pyrrole nitrogens is 1. The van der Waals surface area contributed by atoms with E-state index in [1.807, 2.05) is 20.8 Å². The third kappa shape index (κ3) is 3.18. The van der Waals surface area contributed by atoms with Crippen molar-refractivity contribution in [1.29, 1.82) is 0 Å². The number of hydrogen-bond acceptors (Lipinski definition) is 4. The predicted octanol–water partition coefficient (Wildman–Crippen LogP) is 2.36. The number of rotatable bonds is 3. The van der Waals surface area contributed by atoms with E-state index in [9.17, 15) is 14.4 Å². The Bertz CT molecular complexity index is 873. The first-order valence-corrected chi connectivity index (χ1v) is 7.88. The lowest BCUT2D eigenvalue weighted by Gasteiger charge is -2.29. The lowest BCUT2D eigenvalue weighted by molar-refractivity contribution is 0.0910. The van der Waals surface area contributed by atoms with Gasteiger partial charge in [-0.25, -0.2) is 0 Å². The molecule has 2 N–H and O–H groups in total. The van der Waals surface area contributed by atoms with Crippen LogP contribution in [0.3, 0.4) is 0 Å². The predicted molar refractivity (Wildman–Crippen MR) is 88.1 cm³/mol. The van der Waals surface area contributed by atoms with Crippen molar-refractivity contribution in [2.45, 2.75) is 40.2 Å². The second kappa shape index (κ2) is 5.78. The van der Waals surface area contributed by atoms with Gasteiger partial charge < -0.3 is 14.7 Å². The van der Waals surface area contributed by atoms with Crippen LogP contribution in [0.1, 0.15) is 58.2 Å². The smallest absolute Gasteiger partial charge is 0.261 e. The molecule has 0 saturated carbocycles. The number of fused-ring (bicyclic) bond motifs is 1. The fourth-order valence-corrected chi connectivity index (χ4v) is 3.04. The molecule has 0 atom stereocenters. The van der Waals surface area contributed by atoms with Crippen LogP contribution in [0.2, 0.25) is 0 Å². The van der Waals surface area contributed by atoms with Gasteiger partial charge in [0, 0.05) is 17.7 Å². The summed E-state index contributed by atoms with van der Waals surface area (Å²) in [5.74, 6) is 0.783. The van der Waals surface area contributed by atoms with Crippen LogP contribution in [0.4, 0.5) is 0 Å². The first-order chi connectivity index (χ1) is 11.2.